The summed E-state index contributed by atoms with van der Waals surface area (Å²) in [7, 11) is 4.20. The second-order valence-corrected chi connectivity index (χ2v) is 5.72. The normalized spacial score (nSPS) is 23.7. The fourth-order valence-corrected chi connectivity index (χ4v) is 3.04. The van der Waals surface area contributed by atoms with Crippen molar-refractivity contribution in [2.24, 2.45) is 5.41 Å². The molecule has 0 amide bonds. The molecule has 0 saturated carbocycles. The summed E-state index contributed by atoms with van der Waals surface area (Å²) in [4.78, 5) is 6.55. The molecular weight excluding hydrogens is 238 g/mol. The first-order valence-electron chi connectivity index (χ1n) is 7.04. The standard InChI is InChI=1S/C15H25N3O/c1-16-11-15(6-4-8-19-13-15)12-18(2)10-14-5-3-7-17-9-14/h3,5,7,9,16H,4,6,8,10-13H2,1-2H3. The van der Waals surface area contributed by atoms with Gasteiger partial charge in [-0.3, -0.25) is 4.98 Å². The van der Waals surface area contributed by atoms with Crippen LogP contribution in [0.3, 0.4) is 0 Å². The highest BCUT2D eigenvalue weighted by Gasteiger charge is 2.33. The lowest BCUT2D eigenvalue weighted by atomic mass is 9.82. The summed E-state index contributed by atoms with van der Waals surface area (Å²) in [5, 5.41) is 3.33. The van der Waals surface area contributed by atoms with Crippen LogP contribution in [0.25, 0.3) is 0 Å². The molecule has 19 heavy (non-hydrogen) atoms. The summed E-state index contributed by atoms with van der Waals surface area (Å²) in [5.74, 6) is 0. The largest absolute Gasteiger partial charge is 0.381 e. The molecule has 1 aromatic rings. The van der Waals surface area contributed by atoms with Gasteiger partial charge in [0.25, 0.3) is 0 Å². The lowest BCUT2D eigenvalue weighted by Crippen LogP contribution is -2.47. The van der Waals surface area contributed by atoms with Crippen LogP contribution < -0.4 is 5.32 Å². The van der Waals surface area contributed by atoms with Crippen LogP contribution in [-0.2, 0) is 11.3 Å². The Hall–Kier alpha value is -0.970. The minimum absolute atomic E-state index is 0.254. The van der Waals surface area contributed by atoms with Gasteiger partial charge in [-0.2, -0.15) is 0 Å². The van der Waals surface area contributed by atoms with Crippen LogP contribution in [0.2, 0.25) is 0 Å². The van der Waals surface area contributed by atoms with Gasteiger partial charge in [0.05, 0.1) is 6.61 Å². The molecule has 0 aliphatic carbocycles. The number of pyridine rings is 1. The van der Waals surface area contributed by atoms with Crippen molar-refractivity contribution in [2.75, 3.05) is 40.4 Å². The summed E-state index contributed by atoms with van der Waals surface area (Å²) in [6, 6.07) is 4.13. The molecule has 0 bridgehead atoms. The predicted molar refractivity (Wildman–Crippen MR) is 77.0 cm³/mol. The van der Waals surface area contributed by atoms with Gasteiger partial charge in [-0.05, 0) is 38.6 Å². The molecule has 0 aromatic carbocycles. The molecule has 4 heteroatoms. The van der Waals surface area contributed by atoms with E-state index in [1.54, 1.807) is 0 Å². The van der Waals surface area contributed by atoms with Crippen molar-refractivity contribution in [1.29, 1.82) is 0 Å². The summed E-state index contributed by atoms with van der Waals surface area (Å²) in [6.07, 6.45) is 6.17. The van der Waals surface area contributed by atoms with Gasteiger partial charge in [0.2, 0.25) is 0 Å². The van der Waals surface area contributed by atoms with Crippen molar-refractivity contribution >= 4 is 0 Å². The fraction of sp³-hybridized carbons (Fsp3) is 0.667. The molecule has 0 spiro atoms. The molecule has 2 rings (SSSR count). The van der Waals surface area contributed by atoms with Crippen LogP contribution >= 0.6 is 0 Å². The van der Waals surface area contributed by atoms with E-state index in [1.807, 2.05) is 25.5 Å². The molecule has 1 atom stereocenters. The summed E-state index contributed by atoms with van der Waals surface area (Å²) >= 11 is 0. The molecule has 2 heterocycles. The minimum atomic E-state index is 0.254. The Balaban J connectivity index is 1.93. The molecular formula is C15H25N3O. The Labute approximate surface area is 116 Å². The molecule has 1 saturated heterocycles. The maximum Gasteiger partial charge on any atom is 0.0546 e. The Bertz CT molecular complexity index is 357. The highest BCUT2D eigenvalue weighted by molar-refractivity contribution is 5.08. The monoisotopic (exact) mass is 263 g/mol. The molecule has 1 unspecified atom stereocenters. The predicted octanol–water partition coefficient (Wildman–Crippen LogP) is 1.53. The molecule has 4 nitrogen and oxygen atoms in total. The summed E-state index contributed by atoms with van der Waals surface area (Å²) < 4.78 is 5.71. The van der Waals surface area contributed by atoms with Crippen molar-refractivity contribution in [3.05, 3.63) is 30.1 Å². The van der Waals surface area contributed by atoms with Gasteiger partial charge in [-0.1, -0.05) is 6.07 Å². The summed E-state index contributed by atoms with van der Waals surface area (Å²) in [6.45, 7) is 4.80. The first kappa shape index (κ1) is 14.4. The van der Waals surface area contributed by atoms with E-state index in [9.17, 15) is 0 Å². The molecule has 0 radical (unpaired) electrons. The maximum absolute atomic E-state index is 5.71. The van der Waals surface area contributed by atoms with Gasteiger partial charge < -0.3 is 15.0 Å². The van der Waals surface area contributed by atoms with E-state index >= 15 is 0 Å². The Morgan fingerprint density at radius 2 is 2.42 bits per heavy atom. The third-order valence-electron chi connectivity index (χ3n) is 3.74. The van der Waals surface area contributed by atoms with Crippen LogP contribution in [0.1, 0.15) is 18.4 Å². The second-order valence-electron chi connectivity index (χ2n) is 5.72. The number of nitrogens with one attached hydrogen (secondary N) is 1. The number of rotatable bonds is 6. The van der Waals surface area contributed by atoms with Crippen LogP contribution in [0, 0.1) is 5.41 Å². The average Bonchev–Trinajstić information content (AvgIpc) is 2.40. The van der Waals surface area contributed by atoms with Gasteiger partial charge >= 0.3 is 0 Å². The number of hydrogen-bond acceptors (Lipinski definition) is 4. The second kappa shape index (κ2) is 6.98. The lowest BCUT2D eigenvalue weighted by molar-refractivity contribution is -0.0228. The number of hydrogen-bond donors (Lipinski definition) is 1. The molecule has 1 aliphatic rings. The Morgan fingerprint density at radius 1 is 1.53 bits per heavy atom. The Kier molecular flexibility index (Phi) is 5.31. The number of nitrogens with zero attached hydrogens (tertiary/aromatic N) is 2. The highest BCUT2D eigenvalue weighted by Crippen LogP contribution is 2.29. The summed E-state index contributed by atoms with van der Waals surface area (Å²) in [5.41, 5.74) is 1.52. The third-order valence-corrected chi connectivity index (χ3v) is 3.74. The minimum Gasteiger partial charge on any atom is -0.381 e. The molecule has 1 aromatic heterocycles. The average molecular weight is 263 g/mol. The number of aromatic nitrogens is 1. The zero-order chi connectivity index (χ0) is 13.6. The van der Waals surface area contributed by atoms with E-state index in [0.29, 0.717) is 0 Å². The van der Waals surface area contributed by atoms with Crippen molar-refractivity contribution < 1.29 is 4.74 Å². The van der Waals surface area contributed by atoms with Crippen molar-refractivity contribution in [3.63, 3.8) is 0 Å². The highest BCUT2D eigenvalue weighted by atomic mass is 16.5. The van der Waals surface area contributed by atoms with Crippen LogP contribution in [-0.4, -0.2) is 50.3 Å². The smallest absolute Gasteiger partial charge is 0.0546 e. The van der Waals surface area contributed by atoms with Gasteiger partial charge in [0.1, 0.15) is 0 Å². The topological polar surface area (TPSA) is 37.4 Å². The SMILES string of the molecule is CNCC1(CN(C)Cc2cccnc2)CCCOC1. The van der Waals surface area contributed by atoms with Crippen LogP contribution in [0.15, 0.2) is 24.5 Å². The zero-order valence-electron chi connectivity index (χ0n) is 12.1. The van der Waals surface area contributed by atoms with Crippen molar-refractivity contribution in [3.8, 4) is 0 Å². The molecule has 1 aliphatic heterocycles. The van der Waals surface area contributed by atoms with Crippen LogP contribution in [0.5, 0.6) is 0 Å². The quantitative estimate of drug-likeness (QED) is 0.844. The van der Waals surface area contributed by atoms with Gasteiger partial charge in [0, 0.05) is 44.0 Å². The van der Waals surface area contributed by atoms with E-state index in [0.717, 1.165) is 32.8 Å². The Morgan fingerprint density at radius 3 is 3.05 bits per heavy atom. The fourth-order valence-electron chi connectivity index (χ4n) is 3.04. The molecule has 106 valence electrons. The first-order chi connectivity index (χ1) is 9.24. The molecule has 1 N–H and O–H groups in total. The van der Waals surface area contributed by atoms with E-state index in [4.69, 9.17) is 4.74 Å². The first-order valence-corrected chi connectivity index (χ1v) is 7.04. The van der Waals surface area contributed by atoms with E-state index in [-0.39, 0.29) is 5.41 Å². The molecule has 1 fully saturated rings. The van der Waals surface area contributed by atoms with Crippen LogP contribution in [0.4, 0.5) is 0 Å². The van der Waals surface area contributed by atoms with Crippen molar-refractivity contribution in [2.45, 2.75) is 19.4 Å². The van der Waals surface area contributed by atoms with Gasteiger partial charge in [-0.15, -0.1) is 0 Å². The lowest BCUT2D eigenvalue weighted by Gasteiger charge is -2.39. The third kappa shape index (κ3) is 4.27. The zero-order valence-corrected chi connectivity index (χ0v) is 12.1. The number of ether oxygens (including phenoxy) is 1. The van der Waals surface area contributed by atoms with Gasteiger partial charge in [-0.25, -0.2) is 0 Å². The van der Waals surface area contributed by atoms with Crippen molar-refractivity contribution in [1.82, 2.24) is 15.2 Å². The van der Waals surface area contributed by atoms with E-state index in [2.05, 4.69) is 28.3 Å². The van der Waals surface area contributed by atoms with Gasteiger partial charge in [0.15, 0.2) is 0 Å². The van der Waals surface area contributed by atoms with E-state index in [1.165, 1.54) is 18.4 Å². The van der Waals surface area contributed by atoms with E-state index < -0.39 is 0 Å². The maximum atomic E-state index is 5.71.